The van der Waals surface area contributed by atoms with Crippen LogP contribution >= 0.6 is 0 Å². The molecule has 1 aromatic heterocycles. The fourth-order valence-electron chi connectivity index (χ4n) is 8.81. The van der Waals surface area contributed by atoms with E-state index >= 15 is 4.39 Å². The molecular formula is C38H42FN7O2. The van der Waals surface area contributed by atoms with E-state index in [2.05, 4.69) is 76.7 Å². The molecule has 9 nitrogen and oxygen atoms in total. The number of ether oxygens (including phenoxy) is 1. The van der Waals surface area contributed by atoms with Crippen LogP contribution in [0, 0.1) is 29.6 Å². The molecule has 3 fully saturated rings. The van der Waals surface area contributed by atoms with E-state index in [4.69, 9.17) is 9.72 Å². The second-order valence-corrected chi connectivity index (χ2v) is 14.1. The summed E-state index contributed by atoms with van der Waals surface area (Å²) in [5, 5.41) is 22.8. The van der Waals surface area contributed by atoms with Crippen molar-refractivity contribution in [1.82, 2.24) is 14.8 Å². The van der Waals surface area contributed by atoms with Gasteiger partial charge in [0.1, 0.15) is 23.9 Å². The smallest absolute Gasteiger partial charge is 0.246 e. The highest BCUT2D eigenvalue weighted by atomic mass is 19.1. The molecule has 10 heteroatoms. The molecule has 4 aliphatic rings. The third kappa shape index (κ3) is 5.52. The van der Waals surface area contributed by atoms with E-state index in [1.165, 1.54) is 22.4 Å². The van der Waals surface area contributed by atoms with Gasteiger partial charge in [0.2, 0.25) is 11.8 Å². The minimum atomic E-state index is -1.29. The van der Waals surface area contributed by atoms with Gasteiger partial charge in [-0.1, -0.05) is 36.9 Å². The number of nitrogens with zero attached hydrogens (tertiary/aromatic N) is 7. The third-order valence-electron chi connectivity index (χ3n) is 10.9. The van der Waals surface area contributed by atoms with Crippen molar-refractivity contribution in [2.45, 2.75) is 69.7 Å². The van der Waals surface area contributed by atoms with Crippen molar-refractivity contribution in [1.29, 1.82) is 10.5 Å². The van der Waals surface area contributed by atoms with Crippen LogP contribution in [0.15, 0.2) is 49.1 Å². The molecule has 0 saturated carbocycles. The second-order valence-electron chi connectivity index (χ2n) is 14.1. The zero-order valence-corrected chi connectivity index (χ0v) is 27.8. The first-order valence-corrected chi connectivity index (χ1v) is 17.0. The van der Waals surface area contributed by atoms with Crippen molar-refractivity contribution >= 4 is 28.1 Å². The molecule has 7 rings (SSSR count). The van der Waals surface area contributed by atoms with Gasteiger partial charge in [-0.05, 0) is 62.7 Å². The van der Waals surface area contributed by atoms with Crippen molar-refractivity contribution < 1.29 is 13.9 Å². The Balaban J connectivity index is 1.29. The van der Waals surface area contributed by atoms with Gasteiger partial charge in [-0.3, -0.25) is 9.69 Å². The number of amides is 1. The van der Waals surface area contributed by atoms with Crippen LogP contribution in [0.25, 0.3) is 10.8 Å². The van der Waals surface area contributed by atoms with Crippen molar-refractivity contribution in [3.63, 3.8) is 0 Å². The zero-order chi connectivity index (χ0) is 33.6. The first kappa shape index (κ1) is 31.9. The van der Waals surface area contributed by atoms with E-state index in [-0.39, 0.29) is 30.9 Å². The Labute approximate surface area is 281 Å². The van der Waals surface area contributed by atoms with Gasteiger partial charge in [-0.15, -0.1) is 0 Å². The molecule has 0 N–H and O–H groups in total. The number of benzene rings is 2. The lowest BCUT2D eigenvalue weighted by Gasteiger charge is -2.43. The molecule has 1 amide bonds. The van der Waals surface area contributed by atoms with Crippen LogP contribution < -0.4 is 14.5 Å². The number of hydrogen-bond donors (Lipinski definition) is 0. The summed E-state index contributed by atoms with van der Waals surface area (Å²) in [5.41, 5.74) is 3.64. The number of nitriles is 2. The highest BCUT2D eigenvalue weighted by Crippen LogP contribution is 2.46. The average molecular weight is 648 g/mol. The Morgan fingerprint density at radius 3 is 2.75 bits per heavy atom. The molecule has 5 heterocycles. The number of fused-ring (bicyclic) bond motifs is 3. The summed E-state index contributed by atoms with van der Waals surface area (Å²) >= 11 is 0. The minimum absolute atomic E-state index is 0.170. The van der Waals surface area contributed by atoms with Gasteiger partial charge < -0.3 is 19.4 Å². The predicted octanol–water partition coefficient (Wildman–Crippen LogP) is 5.44. The molecule has 2 unspecified atom stereocenters. The van der Waals surface area contributed by atoms with E-state index in [9.17, 15) is 15.3 Å². The van der Waals surface area contributed by atoms with Crippen LogP contribution in [0.2, 0.25) is 0 Å². The standard InChI is InChI=1S/C38H42FN7O2/c1-4-33(47)46-19-18-44(21-28(46)12-15-40)35-29-13-17-43(32-11-6-10-27-9-5-8-26(2)34(27)32)22-31(29)42-36(30(35)20-41)48-25-38-14-7-16-45(38)24-37(3,39)23-38/h4-6,8-11,28H,1,7,12-14,16-19,21-25H2,2-3H3/t28-,37?,38?/m0/s1. The fourth-order valence-corrected chi connectivity index (χ4v) is 8.81. The monoisotopic (exact) mass is 647 g/mol. The lowest BCUT2D eigenvalue weighted by Crippen LogP contribution is -2.55. The molecule has 248 valence electrons. The molecule has 48 heavy (non-hydrogen) atoms. The Bertz CT molecular complexity index is 1860. The molecule has 0 radical (unpaired) electrons. The largest absolute Gasteiger partial charge is 0.475 e. The number of hydrogen-bond acceptors (Lipinski definition) is 8. The minimum Gasteiger partial charge on any atom is -0.475 e. The average Bonchev–Trinajstić information content (AvgIpc) is 3.57. The molecule has 3 aromatic rings. The highest BCUT2D eigenvalue weighted by Gasteiger charge is 2.54. The third-order valence-corrected chi connectivity index (χ3v) is 10.9. The number of piperazine rings is 1. The zero-order valence-electron chi connectivity index (χ0n) is 27.8. The van der Waals surface area contributed by atoms with Gasteiger partial charge in [-0.25, -0.2) is 9.37 Å². The van der Waals surface area contributed by atoms with Crippen molar-refractivity contribution in [3.8, 4) is 18.0 Å². The number of alkyl halides is 1. The summed E-state index contributed by atoms with van der Waals surface area (Å²) < 4.78 is 21.9. The Morgan fingerprint density at radius 1 is 1.17 bits per heavy atom. The number of aryl methyl sites for hydroxylation is 1. The number of aromatic nitrogens is 1. The van der Waals surface area contributed by atoms with Crippen LogP contribution in [0.5, 0.6) is 5.88 Å². The molecule has 0 aliphatic carbocycles. The van der Waals surface area contributed by atoms with E-state index in [0.717, 1.165) is 48.6 Å². The summed E-state index contributed by atoms with van der Waals surface area (Å²) in [6.07, 6.45) is 4.35. The SMILES string of the molecule is C=CC(=O)N1CCN(c2c(C#N)c(OCC34CCCN3CC(C)(F)C4)nc3c2CCN(c2cccc4cccc(C)c24)C3)C[C@@H]1CC#N. The Morgan fingerprint density at radius 2 is 1.98 bits per heavy atom. The molecule has 0 bridgehead atoms. The lowest BCUT2D eigenvalue weighted by atomic mass is 9.90. The van der Waals surface area contributed by atoms with E-state index < -0.39 is 11.2 Å². The summed E-state index contributed by atoms with van der Waals surface area (Å²) in [5.74, 6) is 0.0753. The van der Waals surface area contributed by atoms with Gasteiger partial charge >= 0.3 is 0 Å². The van der Waals surface area contributed by atoms with E-state index in [0.29, 0.717) is 51.1 Å². The maximum absolute atomic E-state index is 15.3. The molecular weight excluding hydrogens is 605 g/mol. The van der Waals surface area contributed by atoms with Crippen LogP contribution in [-0.4, -0.2) is 83.8 Å². The van der Waals surface area contributed by atoms with Crippen molar-refractivity contribution in [2.24, 2.45) is 0 Å². The van der Waals surface area contributed by atoms with Crippen LogP contribution in [-0.2, 0) is 17.8 Å². The van der Waals surface area contributed by atoms with Gasteiger partial charge in [0.05, 0.1) is 42.0 Å². The van der Waals surface area contributed by atoms with Gasteiger partial charge in [0.25, 0.3) is 0 Å². The number of anilines is 2. The van der Waals surface area contributed by atoms with Gasteiger partial charge in [0.15, 0.2) is 0 Å². The Kier molecular flexibility index (Phi) is 8.25. The van der Waals surface area contributed by atoms with Crippen LogP contribution in [0.4, 0.5) is 15.8 Å². The summed E-state index contributed by atoms with van der Waals surface area (Å²) in [6, 6.07) is 17.1. The maximum atomic E-state index is 15.3. The molecule has 2 aromatic carbocycles. The topological polar surface area (TPSA) is 99.7 Å². The van der Waals surface area contributed by atoms with Gasteiger partial charge in [-0.2, -0.15) is 10.5 Å². The maximum Gasteiger partial charge on any atom is 0.246 e. The first-order chi connectivity index (χ1) is 23.2. The first-order valence-electron chi connectivity index (χ1n) is 17.0. The summed E-state index contributed by atoms with van der Waals surface area (Å²) in [4.78, 5) is 26.2. The number of halogens is 1. The molecule has 3 atom stereocenters. The predicted molar refractivity (Wildman–Crippen MR) is 184 cm³/mol. The number of pyridine rings is 1. The molecule has 0 spiro atoms. The van der Waals surface area contributed by atoms with Crippen molar-refractivity contribution in [2.75, 3.05) is 55.7 Å². The Hall–Kier alpha value is -4.67. The number of rotatable bonds is 7. The van der Waals surface area contributed by atoms with Crippen LogP contribution in [0.1, 0.15) is 55.0 Å². The summed E-state index contributed by atoms with van der Waals surface area (Å²) in [7, 11) is 0. The highest BCUT2D eigenvalue weighted by molar-refractivity contribution is 5.97. The quantitative estimate of drug-likeness (QED) is 0.313. The lowest BCUT2D eigenvalue weighted by molar-refractivity contribution is -0.128. The molecule has 4 aliphatic heterocycles. The number of carbonyl (C=O) groups excluding carboxylic acids is 1. The normalized spacial score (nSPS) is 25.4. The van der Waals surface area contributed by atoms with Crippen LogP contribution in [0.3, 0.4) is 0 Å². The fraction of sp³-hybridized carbons (Fsp3) is 0.474. The van der Waals surface area contributed by atoms with E-state index in [1.54, 1.807) is 11.8 Å². The van der Waals surface area contributed by atoms with E-state index in [1.807, 2.05) is 0 Å². The van der Waals surface area contributed by atoms with Gasteiger partial charge in [0, 0.05) is 55.8 Å². The second kappa shape index (κ2) is 12.4. The molecule has 3 saturated heterocycles. The summed E-state index contributed by atoms with van der Waals surface area (Å²) in [6.45, 7) is 11.5. The number of carbonyl (C=O) groups is 1. The van der Waals surface area contributed by atoms with Crippen molar-refractivity contribution in [3.05, 3.63) is 71.4 Å².